The Morgan fingerprint density at radius 2 is 1.33 bits per heavy atom. The first-order valence-electron chi connectivity index (χ1n) is 6.24. The summed E-state index contributed by atoms with van der Waals surface area (Å²) < 4.78 is 16.7. The molecule has 92 valence electrons. The van der Waals surface area contributed by atoms with Crippen molar-refractivity contribution in [3.8, 4) is 0 Å². The summed E-state index contributed by atoms with van der Waals surface area (Å²) in [6.07, 6.45) is 11.9. The molecule has 0 unspecified atom stereocenters. The Balaban J connectivity index is 2.95. The zero-order chi connectivity index (χ0) is 11.4. The predicted molar refractivity (Wildman–Crippen MR) is 65.5 cm³/mol. The van der Waals surface area contributed by atoms with E-state index in [-0.39, 0.29) is 0 Å². The second-order valence-corrected chi connectivity index (χ2v) is 7.85. The summed E-state index contributed by atoms with van der Waals surface area (Å²) >= 11 is -2.28. The van der Waals surface area contributed by atoms with Gasteiger partial charge in [0, 0.05) is 0 Å². The summed E-state index contributed by atoms with van der Waals surface area (Å²) in [6, 6.07) is 0. The second kappa shape index (κ2) is 12.6. The SMILES string of the molecule is CCCCCCCCCCC[Te](=O)OC. The van der Waals surface area contributed by atoms with Crippen LogP contribution in [0.1, 0.15) is 64.7 Å². The minimum absolute atomic E-state index is 0.843. The molecule has 0 heterocycles. The number of hydrogen-bond donors (Lipinski definition) is 0. The average Bonchev–Trinajstić information content (AvgIpc) is 2.26. The van der Waals surface area contributed by atoms with Gasteiger partial charge in [0.25, 0.3) is 0 Å². The summed E-state index contributed by atoms with van der Waals surface area (Å²) in [5.74, 6) is 0. The average molecular weight is 330 g/mol. The Morgan fingerprint density at radius 1 is 0.867 bits per heavy atom. The van der Waals surface area contributed by atoms with Gasteiger partial charge in [0.2, 0.25) is 0 Å². The maximum absolute atomic E-state index is 11.1. The molecular formula is C12H26O2Te. The number of rotatable bonds is 11. The molecule has 0 saturated heterocycles. The van der Waals surface area contributed by atoms with Crippen LogP contribution in [-0.2, 0) is 6.21 Å². The number of hydrogen-bond acceptors (Lipinski definition) is 2. The third kappa shape index (κ3) is 12.5. The zero-order valence-electron chi connectivity index (χ0n) is 10.3. The van der Waals surface area contributed by atoms with Gasteiger partial charge in [-0.1, -0.05) is 0 Å². The summed E-state index contributed by atoms with van der Waals surface area (Å²) in [5, 5.41) is 0. The van der Waals surface area contributed by atoms with E-state index in [1.54, 1.807) is 7.11 Å². The van der Waals surface area contributed by atoms with Crippen LogP contribution < -0.4 is 0 Å². The van der Waals surface area contributed by atoms with Gasteiger partial charge >= 0.3 is 102 Å². The molecule has 0 radical (unpaired) electrons. The fraction of sp³-hybridized carbons (Fsp3) is 1.00. The van der Waals surface area contributed by atoms with Gasteiger partial charge in [-0.2, -0.15) is 0 Å². The molecule has 15 heavy (non-hydrogen) atoms. The van der Waals surface area contributed by atoms with Crippen molar-refractivity contribution >= 4 is 19.9 Å². The summed E-state index contributed by atoms with van der Waals surface area (Å²) in [7, 11) is 1.57. The van der Waals surface area contributed by atoms with Crippen molar-refractivity contribution in [2.75, 3.05) is 7.11 Å². The minimum atomic E-state index is -2.28. The van der Waals surface area contributed by atoms with Crippen LogP contribution in [0.4, 0.5) is 0 Å². The molecule has 0 aromatic carbocycles. The fourth-order valence-corrected chi connectivity index (χ4v) is 3.34. The van der Waals surface area contributed by atoms with Gasteiger partial charge in [-0.25, -0.2) is 0 Å². The molecule has 0 saturated carbocycles. The molecule has 0 aromatic heterocycles. The monoisotopic (exact) mass is 332 g/mol. The van der Waals surface area contributed by atoms with Crippen molar-refractivity contribution in [2.45, 2.75) is 69.2 Å². The van der Waals surface area contributed by atoms with Crippen LogP contribution in [0.15, 0.2) is 0 Å². The fourth-order valence-electron chi connectivity index (χ4n) is 1.61. The maximum atomic E-state index is 11.1. The van der Waals surface area contributed by atoms with Crippen molar-refractivity contribution in [2.24, 2.45) is 0 Å². The third-order valence-electron chi connectivity index (χ3n) is 2.60. The summed E-state index contributed by atoms with van der Waals surface area (Å²) in [6.45, 7) is 2.25. The van der Waals surface area contributed by atoms with Gasteiger partial charge in [-0.05, 0) is 0 Å². The van der Waals surface area contributed by atoms with Crippen molar-refractivity contribution < 1.29 is 6.21 Å². The van der Waals surface area contributed by atoms with Crippen molar-refractivity contribution in [1.29, 1.82) is 0 Å². The van der Waals surface area contributed by atoms with Crippen LogP contribution in [0.3, 0.4) is 0 Å². The molecule has 0 aromatic rings. The van der Waals surface area contributed by atoms with E-state index >= 15 is 0 Å². The van der Waals surface area contributed by atoms with Gasteiger partial charge < -0.3 is 0 Å². The van der Waals surface area contributed by atoms with Gasteiger partial charge in [-0.3, -0.25) is 0 Å². The predicted octanol–water partition coefficient (Wildman–Crippen LogP) is 4.08. The van der Waals surface area contributed by atoms with Crippen LogP contribution in [-0.4, -0.2) is 27.1 Å². The molecule has 2 nitrogen and oxygen atoms in total. The summed E-state index contributed by atoms with van der Waals surface area (Å²) in [5.41, 5.74) is 0. The zero-order valence-corrected chi connectivity index (χ0v) is 12.6. The first kappa shape index (κ1) is 15.5. The quantitative estimate of drug-likeness (QED) is 0.421. The molecule has 0 fully saturated rings. The molecule has 0 N–H and O–H groups in total. The first-order valence-corrected chi connectivity index (χ1v) is 9.79. The number of unbranched alkanes of at least 4 members (excludes halogenated alkanes) is 8. The van der Waals surface area contributed by atoms with E-state index in [2.05, 4.69) is 6.92 Å². The Hall–Kier alpha value is 0.550. The van der Waals surface area contributed by atoms with E-state index in [4.69, 9.17) is 3.10 Å². The van der Waals surface area contributed by atoms with Crippen molar-refractivity contribution in [3.05, 3.63) is 0 Å². The normalized spacial score (nSPS) is 11.1. The van der Waals surface area contributed by atoms with E-state index < -0.39 is 19.9 Å². The van der Waals surface area contributed by atoms with Crippen molar-refractivity contribution in [3.63, 3.8) is 0 Å². The molecule has 0 rings (SSSR count). The van der Waals surface area contributed by atoms with Crippen LogP contribution in [0.25, 0.3) is 0 Å². The molecular weight excluding hydrogens is 304 g/mol. The molecule has 0 atom stereocenters. The molecule has 0 aliphatic rings. The Bertz CT molecular complexity index is 149. The van der Waals surface area contributed by atoms with Gasteiger partial charge in [0.05, 0.1) is 0 Å². The van der Waals surface area contributed by atoms with E-state index in [0.29, 0.717) is 0 Å². The molecule has 0 amide bonds. The topological polar surface area (TPSA) is 26.3 Å². The van der Waals surface area contributed by atoms with Gasteiger partial charge in [0.1, 0.15) is 0 Å². The standard InChI is InChI=1S/C12H26O2Te/c1-3-4-5-6-7-8-9-10-11-12-15(13)14-2/h3-12H2,1-2H3. The Labute approximate surface area is 102 Å². The first-order chi connectivity index (χ1) is 7.31. The molecule has 3 heteroatoms. The van der Waals surface area contributed by atoms with E-state index in [9.17, 15) is 3.10 Å². The molecule has 0 bridgehead atoms. The summed E-state index contributed by atoms with van der Waals surface area (Å²) in [4.78, 5) is 0. The molecule has 0 aliphatic carbocycles. The van der Waals surface area contributed by atoms with E-state index in [1.165, 1.54) is 51.4 Å². The van der Waals surface area contributed by atoms with E-state index in [1.807, 2.05) is 0 Å². The Morgan fingerprint density at radius 3 is 1.80 bits per heavy atom. The van der Waals surface area contributed by atoms with Crippen LogP contribution in [0.2, 0.25) is 4.47 Å². The van der Waals surface area contributed by atoms with Crippen LogP contribution in [0.5, 0.6) is 0 Å². The second-order valence-electron chi connectivity index (χ2n) is 4.00. The van der Waals surface area contributed by atoms with Gasteiger partial charge in [0.15, 0.2) is 0 Å². The van der Waals surface area contributed by atoms with E-state index in [0.717, 1.165) is 10.9 Å². The Kier molecular flexibility index (Phi) is 13.1. The van der Waals surface area contributed by atoms with Crippen LogP contribution >= 0.6 is 0 Å². The van der Waals surface area contributed by atoms with Crippen molar-refractivity contribution in [1.82, 2.24) is 0 Å². The molecule has 0 aliphatic heterocycles. The molecule has 0 spiro atoms. The van der Waals surface area contributed by atoms with Gasteiger partial charge in [-0.15, -0.1) is 0 Å². The van der Waals surface area contributed by atoms with Crippen LogP contribution in [0, 0.1) is 0 Å². The third-order valence-corrected chi connectivity index (χ3v) is 5.44.